The van der Waals surface area contributed by atoms with Crippen LogP contribution in [0.2, 0.25) is 19.6 Å². The summed E-state index contributed by atoms with van der Waals surface area (Å²) in [5.74, 6) is 0.338. The molecule has 1 aromatic heterocycles. The van der Waals surface area contributed by atoms with Crippen molar-refractivity contribution in [3.8, 4) is 5.95 Å². The first kappa shape index (κ1) is 12.0. The molecule has 0 saturated carbocycles. The van der Waals surface area contributed by atoms with Gasteiger partial charge in [0.05, 0.1) is 14.7 Å². The summed E-state index contributed by atoms with van der Waals surface area (Å²) < 4.78 is 10.3. The van der Waals surface area contributed by atoms with E-state index in [1.807, 2.05) is 19.9 Å². The molecule has 0 amide bonds. The first-order chi connectivity index (χ1) is 6.86. The fraction of sp³-hybridized carbons (Fsp3) is 0.545. The van der Waals surface area contributed by atoms with E-state index < -0.39 is 8.07 Å². The Bertz CT molecular complexity index is 401. The molecule has 84 valence electrons. The topological polar surface area (TPSA) is 39.4 Å². The Balaban J connectivity index is 3.32. The molecule has 0 atom stereocenters. The van der Waals surface area contributed by atoms with Gasteiger partial charge in [-0.2, -0.15) is 0 Å². The summed E-state index contributed by atoms with van der Waals surface area (Å²) in [4.78, 5) is 11.6. The molecule has 1 aromatic rings. The van der Waals surface area contributed by atoms with Crippen molar-refractivity contribution in [2.45, 2.75) is 33.5 Å². The highest BCUT2D eigenvalue weighted by atomic mass is 28.3. The van der Waals surface area contributed by atoms with Crippen molar-refractivity contribution in [3.05, 3.63) is 22.0 Å². The molecule has 0 saturated heterocycles. The molecule has 1 rings (SSSR count). The van der Waals surface area contributed by atoms with Crippen LogP contribution in [0, 0.1) is 6.92 Å². The molecule has 15 heavy (non-hydrogen) atoms. The van der Waals surface area contributed by atoms with Crippen LogP contribution < -0.4 is 15.5 Å². The van der Waals surface area contributed by atoms with Gasteiger partial charge in [-0.15, -0.1) is 0 Å². The second kappa shape index (κ2) is 4.22. The fourth-order valence-corrected chi connectivity index (χ4v) is 3.30. The molecule has 0 spiro atoms. The van der Waals surface area contributed by atoms with E-state index in [1.54, 1.807) is 0 Å². The first-order valence-electron chi connectivity index (χ1n) is 5.14. The summed E-state index contributed by atoms with van der Waals surface area (Å²) in [6, 6.07) is 1.87. The predicted octanol–water partition coefficient (Wildman–Crippen LogP) is 1.89. The molecule has 0 aliphatic heterocycles. The lowest BCUT2D eigenvalue weighted by atomic mass is 10.3. The van der Waals surface area contributed by atoms with Gasteiger partial charge in [-0.1, -0.05) is 19.6 Å². The molecule has 0 fully saturated rings. The quantitative estimate of drug-likeness (QED) is 0.739. The third-order valence-electron chi connectivity index (χ3n) is 2.26. The lowest BCUT2D eigenvalue weighted by Gasteiger charge is -2.18. The van der Waals surface area contributed by atoms with Gasteiger partial charge in [0.2, 0.25) is 0 Å². The smallest absolute Gasteiger partial charge is 0.341 e. The predicted molar refractivity (Wildman–Crippen MR) is 63.9 cm³/mol. The molecule has 3 nitrogen and oxygen atoms in total. The third-order valence-corrected chi connectivity index (χ3v) is 4.40. The van der Waals surface area contributed by atoms with E-state index in [-0.39, 0.29) is 5.63 Å². The van der Waals surface area contributed by atoms with Crippen LogP contribution in [0.1, 0.15) is 12.5 Å². The normalized spacial score (nSPS) is 11.5. The van der Waals surface area contributed by atoms with Crippen LogP contribution in [-0.4, -0.2) is 14.7 Å². The molecular formula is C11H18O3Si. The third kappa shape index (κ3) is 2.72. The minimum Gasteiger partial charge on any atom is -0.465 e. The van der Waals surface area contributed by atoms with Crippen molar-refractivity contribution in [2.75, 3.05) is 6.61 Å². The van der Waals surface area contributed by atoms with Crippen molar-refractivity contribution in [2.24, 2.45) is 0 Å². The van der Waals surface area contributed by atoms with Gasteiger partial charge in [-0.25, -0.2) is 4.79 Å². The van der Waals surface area contributed by atoms with Gasteiger partial charge >= 0.3 is 5.63 Å². The minimum absolute atomic E-state index is 0.279. The molecule has 0 bridgehead atoms. The van der Waals surface area contributed by atoms with Gasteiger partial charge in [0.25, 0.3) is 5.95 Å². The van der Waals surface area contributed by atoms with Crippen LogP contribution >= 0.6 is 0 Å². The zero-order valence-electron chi connectivity index (χ0n) is 10.0. The number of hydrogen-bond acceptors (Lipinski definition) is 3. The maximum Gasteiger partial charge on any atom is 0.341 e. The summed E-state index contributed by atoms with van der Waals surface area (Å²) in [6.07, 6.45) is 0. The van der Waals surface area contributed by atoms with E-state index >= 15 is 0 Å². The van der Waals surface area contributed by atoms with Gasteiger partial charge in [0.15, 0.2) is 0 Å². The van der Waals surface area contributed by atoms with Crippen molar-refractivity contribution < 1.29 is 9.15 Å². The lowest BCUT2D eigenvalue weighted by Crippen LogP contribution is -2.42. The maximum atomic E-state index is 11.6. The Morgan fingerprint density at radius 2 is 2.00 bits per heavy atom. The van der Waals surface area contributed by atoms with Crippen molar-refractivity contribution in [1.29, 1.82) is 0 Å². The average Bonchev–Trinajstić information content (AvgIpc) is 2.09. The van der Waals surface area contributed by atoms with Crippen molar-refractivity contribution >= 4 is 13.3 Å². The Morgan fingerprint density at radius 3 is 2.47 bits per heavy atom. The Hall–Kier alpha value is -1.03. The van der Waals surface area contributed by atoms with E-state index in [2.05, 4.69) is 19.6 Å². The van der Waals surface area contributed by atoms with Crippen LogP contribution in [0.4, 0.5) is 0 Å². The number of hydrogen-bond donors (Lipinski definition) is 0. The highest BCUT2D eigenvalue weighted by Gasteiger charge is 2.22. The first-order valence-corrected chi connectivity index (χ1v) is 8.64. The van der Waals surface area contributed by atoms with E-state index in [0.29, 0.717) is 12.6 Å². The van der Waals surface area contributed by atoms with Crippen molar-refractivity contribution in [1.82, 2.24) is 0 Å². The highest BCUT2D eigenvalue weighted by molar-refractivity contribution is 6.89. The SMILES string of the molecule is CCOc1cc([Si](C)(C)C)c(C)c(=O)o1. The highest BCUT2D eigenvalue weighted by Crippen LogP contribution is 2.11. The molecule has 4 heteroatoms. The molecule has 1 heterocycles. The maximum absolute atomic E-state index is 11.6. The molecule has 0 aliphatic carbocycles. The van der Waals surface area contributed by atoms with E-state index in [9.17, 15) is 4.79 Å². The zero-order chi connectivity index (χ0) is 11.6. The summed E-state index contributed by atoms with van der Waals surface area (Å²) >= 11 is 0. The Kier molecular flexibility index (Phi) is 3.39. The van der Waals surface area contributed by atoms with Crippen LogP contribution in [0.25, 0.3) is 0 Å². The van der Waals surface area contributed by atoms with Crippen LogP contribution in [0.3, 0.4) is 0 Å². The van der Waals surface area contributed by atoms with Crippen LogP contribution in [0.15, 0.2) is 15.3 Å². The van der Waals surface area contributed by atoms with Crippen LogP contribution in [-0.2, 0) is 0 Å². The van der Waals surface area contributed by atoms with E-state index in [1.165, 1.54) is 0 Å². The van der Waals surface area contributed by atoms with Crippen molar-refractivity contribution in [3.63, 3.8) is 0 Å². The summed E-state index contributed by atoms with van der Waals surface area (Å²) in [7, 11) is -1.51. The Labute approximate surface area is 91.1 Å². The molecule has 0 aromatic carbocycles. The summed E-state index contributed by atoms with van der Waals surface area (Å²) in [6.45, 7) is 10.8. The zero-order valence-corrected chi connectivity index (χ0v) is 11.0. The van der Waals surface area contributed by atoms with Gasteiger partial charge < -0.3 is 9.15 Å². The van der Waals surface area contributed by atoms with Gasteiger partial charge in [0, 0.05) is 11.6 Å². The van der Waals surface area contributed by atoms with E-state index in [4.69, 9.17) is 9.15 Å². The number of rotatable bonds is 3. The summed E-state index contributed by atoms with van der Waals surface area (Å²) in [5, 5.41) is 1.11. The number of ether oxygens (including phenoxy) is 1. The molecule has 0 aliphatic rings. The second-order valence-electron chi connectivity index (χ2n) is 4.57. The average molecular weight is 226 g/mol. The molecule has 0 N–H and O–H groups in total. The monoisotopic (exact) mass is 226 g/mol. The Morgan fingerprint density at radius 1 is 1.40 bits per heavy atom. The lowest BCUT2D eigenvalue weighted by molar-refractivity contribution is 0.243. The van der Waals surface area contributed by atoms with Gasteiger partial charge in [-0.05, 0) is 19.0 Å². The summed E-state index contributed by atoms with van der Waals surface area (Å²) in [5.41, 5.74) is 0.441. The van der Waals surface area contributed by atoms with E-state index in [0.717, 1.165) is 10.8 Å². The molecule has 0 unspecified atom stereocenters. The van der Waals surface area contributed by atoms with Gasteiger partial charge in [0.1, 0.15) is 0 Å². The van der Waals surface area contributed by atoms with Gasteiger partial charge in [-0.3, -0.25) is 0 Å². The largest absolute Gasteiger partial charge is 0.465 e. The molecule has 0 radical (unpaired) electrons. The standard InChI is InChI=1S/C11H18O3Si/c1-6-13-10-7-9(15(3,4)5)8(2)11(12)14-10/h7H,6H2,1-5H3. The fourth-order valence-electron chi connectivity index (χ4n) is 1.53. The minimum atomic E-state index is -1.51. The van der Waals surface area contributed by atoms with Crippen LogP contribution in [0.5, 0.6) is 5.95 Å². The second-order valence-corrected chi connectivity index (χ2v) is 9.61. The molecular weight excluding hydrogens is 208 g/mol.